The molecule has 1 atom stereocenters. The fraction of sp³-hybridized carbons (Fsp3) is 0.444. The summed E-state index contributed by atoms with van der Waals surface area (Å²) in [4.78, 5) is 0. The maximum atomic E-state index is 5.24. The van der Waals surface area contributed by atoms with Gasteiger partial charge in [-0.1, -0.05) is 20.8 Å². The molecule has 1 rings (SSSR count). The van der Waals surface area contributed by atoms with E-state index in [1.165, 1.54) is 5.92 Å². The smallest absolute Gasteiger partial charge is 0.107 e. The highest BCUT2D eigenvalue weighted by Gasteiger charge is 2.11. The van der Waals surface area contributed by atoms with Gasteiger partial charge < -0.3 is 4.42 Å². The van der Waals surface area contributed by atoms with E-state index in [0.29, 0.717) is 5.92 Å². The highest BCUT2D eigenvalue weighted by atomic mass is 16.3. The van der Waals surface area contributed by atoms with Gasteiger partial charge in [-0.2, -0.15) is 0 Å². The quantitative estimate of drug-likeness (QED) is 0.610. The minimum Gasteiger partial charge on any atom is -0.469 e. The standard InChI is InChI=1S/C9H13O/c1-7(2)8(3)9-5-4-6-10-9/h4-6,8H,1-3H3. The maximum Gasteiger partial charge on any atom is 0.107 e. The summed E-state index contributed by atoms with van der Waals surface area (Å²) in [5, 5.41) is 0. The predicted molar refractivity (Wildman–Crippen MR) is 41.7 cm³/mol. The number of hydrogen-bond donors (Lipinski definition) is 0. The van der Waals surface area contributed by atoms with Crippen molar-refractivity contribution in [3.8, 4) is 0 Å². The van der Waals surface area contributed by atoms with Crippen LogP contribution in [0.3, 0.4) is 0 Å². The molecule has 10 heavy (non-hydrogen) atoms. The molecule has 0 saturated carbocycles. The van der Waals surface area contributed by atoms with Crippen LogP contribution in [0.25, 0.3) is 0 Å². The van der Waals surface area contributed by atoms with Gasteiger partial charge in [0.05, 0.1) is 6.26 Å². The molecule has 1 aromatic rings. The second-order valence-corrected chi connectivity index (χ2v) is 2.81. The average molecular weight is 137 g/mol. The van der Waals surface area contributed by atoms with E-state index in [-0.39, 0.29) is 0 Å². The third-order valence-electron chi connectivity index (χ3n) is 1.84. The van der Waals surface area contributed by atoms with E-state index in [1.54, 1.807) is 6.26 Å². The highest BCUT2D eigenvalue weighted by molar-refractivity contribution is 5.11. The van der Waals surface area contributed by atoms with Gasteiger partial charge in [0.1, 0.15) is 5.76 Å². The lowest BCUT2D eigenvalue weighted by Gasteiger charge is -2.10. The van der Waals surface area contributed by atoms with Crippen LogP contribution in [0, 0.1) is 5.92 Å². The van der Waals surface area contributed by atoms with Gasteiger partial charge in [-0.25, -0.2) is 0 Å². The topological polar surface area (TPSA) is 13.1 Å². The van der Waals surface area contributed by atoms with E-state index >= 15 is 0 Å². The van der Waals surface area contributed by atoms with Crippen molar-refractivity contribution in [2.45, 2.75) is 26.7 Å². The SMILES string of the molecule is C[C](C)C(C)c1ccco1. The Hall–Kier alpha value is -0.720. The molecule has 0 spiro atoms. The molecule has 55 valence electrons. The molecule has 0 saturated heterocycles. The second-order valence-electron chi connectivity index (χ2n) is 2.81. The summed E-state index contributed by atoms with van der Waals surface area (Å²) in [6, 6.07) is 3.94. The summed E-state index contributed by atoms with van der Waals surface area (Å²) in [6.45, 7) is 6.38. The summed E-state index contributed by atoms with van der Waals surface area (Å²) >= 11 is 0. The first-order valence-electron chi connectivity index (χ1n) is 3.55. The van der Waals surface area contributed by atoms with Crippen LogP contribution < -0.4 is 0 Å². The Morgan fingerprint density at radius 2 is 2.20 bits per heavy atom. The van der Waals surface area contributed by atoms with Crippen LogP contribution in [0.1, 0.15) is 32.4 Å². The Morgan fingerprint density at radius 1 is 1.50 bits per heavy atom. The van der Waals surface area contributed by atoms with Gasteiger partial charge >= 0.3 is 0 Å². The molecule has 1 heteroatoms. The molecule has 0 N–H and O–H groups in total. The molecule has 1 unspecified atom stereocenters. The normalized spacial score (nSPS) is 14.0. The van der Waals surface area contributed by atoms with Gasteiger partial charge in [0.2, 0.25) is 0 Å². The predicted octanol–water partition coefficient (Wildman–Crippen LogP) is 3.00. The molecule has 1 aromatic heterocycles. The van der Waals surface area contributed by atoms with Crippen molar-refractivity contribution in [1.29, 1.82) is 0 Å². The van der Waals surface area contributed by atoms with E-state index in [9.17, 15) is 0 Å². The monoisotopic (exact) mass is 137 g/mol. The van der Waals surface area contributed by atoms with Crippen LogP contribution in [-0.4, -0.2) is 0 Å². The Kier molecular flexibility index (Phi) is 2.15. The van der Waals surface area contributed by atoms with Crippen LogP contribution >= 0.6 is 0 Å². The zero-order valence-corrected chi connectivity index (χ0v) is 6.72. The van der Waals surface area contributed by atoms with Crippen molar-refractivity contribution in [3.05, 3.63) is 30.1 Å². The zero-order chi connectivity index (χ0) is 7.56. The molecule has 1 heterocycles. The third kappa shape index (κ3) is 1.41. The molecule has 0 bridgehead atoms. The zero-order valence-electron chi connectivity index (χ0n) is 6.72. The number of hydrogen-bond acceptors (Lipinski definition) is 1. The van der Waals surface area contributed by atoms with Gasteiger partial charge in [0.15, 0.2) is 0 Å². The lowest BCUT2D eigenvalue weighted by atomic mass is 9.96. The van der Waals surface area contributed by atoms with Gasteiger partial charge in [0.25, 0.3) is 0 Å². The fourth-order valence-electron chi connectivity index (χ4n) is 0.822. The molecule has 0 aromatic carbocycles. The molecule has 0 aliphatic heterocycles. The summed E-state index contributed by atoms with van der Waals surface area (Å²) in [5.74, 6) is 2.89. The average Bonchev–Trinajstić information content (AvgIpc) is 2.36. The van der Waals surface area contributed by atoms with Crippen LogP contribution in [0.5, 0.6) is 0 Å². The van der Waals surface area contributed by atoms with Gasteiger partial charge in [-0.15, -0.1) is 0 Å². The van der Waals surface area contributed by atoms with Crippen molar-refractivity contribution in [2.75, 3.05) is 0 Å². The lowest BCUT2D eigenvalue weighted by molar-refractivity contribution is 0.480. The Labute approximate surface area is 62.1 Å². The van der Waals surface area contributed by atoms with Gasteiger partial charge in [-0.3, -0.25) is 0 Å². The van der Waals surface area contributed by atoms with E-state index in [2.05, 4.69) is 20.8 Å². The summed E-state index contributed by atoms with van der Waals surface area (Å²) in [7, 11) is 0. The van der Waals surface area contributed by atoms with Crippen molar-refractivity contribution < 1.29 is 4.42 Å². The van der Waals surface area contributed by atoms with Crippen LogP contribution in [0.15, 0.2) is 22.8 Å². The molecular formula is C9H13O. The lowest BCUT2D eigenvalue weighted by Crippen LogP contribution is -1.97. The molecule has 0 aliphatic rings. The summed E-state index contributed by atoms with van der Waals surface area (Å²) in [6.07, 6.45) is 1.72. The van der Waals surface area contributed by atoms with Gasteiger partial charge in [0, 0.05) is 5.92 Å². The van der Waals surface area contributed by atoms with Crippen molar-refractivity contribution in [2.24, 2.45) is 0 Å². The molecular weight excluding hydrogens is 124 g/mol. The summed E-state index contributed by atoms with van der Waals surface area (Å²) < 4.78 is 5.24. The Balaban J connectivity index is 2.68. The third-order valence-corrected chi connectivity index (χ3v) is 1.84. The second kappa shape index (κ2) is 2.91. The summed E-state index contributed by atoms with van der Waals surface area (Å²) in [5.41, 5.74) is 0. The van der Waals surface area contributed by atoms with Crippen LogP contribution in [0.4, 0.5) is 0 Å². The first-order valence-corrected chi connectivity index (χ1v) is 3.55. The van der Waals surface area contributed by atoms with Crippen LogP contribution in [-0.2, 0) is 0 Å². The molecule has 0 aliphatic carbocycles. The first kappa shape index (κ1) is 7.39. The molecule has 0 amide bonds. The van der Waals surface area contributed by atoms with Gasteiger partial charge in [-0.05, 0) is 18.1 Å². The highest BCUT2D eigenvalue weighted by Crippen LogP contribution is 2.24. The van der Waals surface area contributed by atoms with E-state index in [1.807, 2.05) is 12.1 Å². The minimum atomic E-state index is 0.454. The van der Waals surface area contributed by atoms with E-state index < -0.39 is 0 Å². The largest absolute Gasteiger partial charge is 0.469 e. The van der Waals surface area contributed by atoms with Crippen LogP contribution in [0.2, 0.25) is 0 Å². The fourth-order valence-corrected chi connectivity index (χ4v) is 0.822. The molecule has 0 fully saturated rings. The van der Waals surface area contributed by atoms with E-state index in [4.69, 9.17) is 4.42 Å². The Bertz CT molecular complexity index is 175. The van der Waals surface area contributed by atoms with Crippen molar-refractivity contribution >= 4 is 0 Å². The molecule has 1 radical (unpaired) electrons. The first-order chi connectivity index (χ1) is 4.72. The Morgan fingerprint density at radius 3 is 2.60 bits per heavy atom. The molecule has 1 nitrogen and oxygen atoms in total. The van der Waals surface area contributed by atoms with Crippen molar-refractivity contribution in [1.82, 2.24) is 0 Å². The maximum absolute atomic E-state index is 5.24. The van der Waals surface area contributed by atoms with Crippen molar-refractivity contribution in [3.63, 3.8) is 0 Å². The number of rotatable bonds is 2. The van der Waals surface area contributed by atoms with E-state index in [0.717, 1.165) is 5.76 Å². The minimum absolute atomic E-state index is 0.454. The number of furan rings is 1.